The van der Waals surface area contributed by atoms with Gasteiger partial charge in [-0.1, -0.05) is 12.1 Å². The number of alkyl carbamates (subject to hydrolysis) is 2. The van der Waals surface area contributed by atoms with E-state index in [2.05, 4.69) is 10.6 Å². The number of nitrogens with one attached hydrogen (secondary N) is 2. The van der Waals surface area contributed by atoms with Crippen LogP contribution in [0.25, 0.3) is 0 Å². The van der Waals surface area contributed by atoms with Crippen molar-refractivity contribution in [3.63, 3.8) is 0 Å². The maximum atomic E-state index is 12.0. The molecule has 0 spiro atoms. The molecule has 1 saturated heterocycles. The summed E-state index contributed by atoms with van der Waals surface area (Å²) >= 11 is 0. The van der Waals surface area contributed by atoms with Crippen molar-refractivity contribution < 1.29 is 24.2 Å². The highest BCUT2D eigenvalue weighted by molar-refractivity contribution is 5.71. The van der Waals surface area contributed by atoms with Gasteiger partial charge in [-0.05, 0) is 44.9 Å². The Labute approximate surface area is 135 Å². The van der Waals surface area contributed by atoms with Gasteiger partial charge < -0.3 is 25.2 Å². The van der Waals surface area contributed by atoms with Crippen LogP contribution in [0.1, 0.15) is 26.3 Å². The van der Waals surface area contributed by atoms with Gasteiger partial charge in [0.25, 0.3) is 0 Å². The molecule has 7 heteroatoms. The van der Waals surface area contributed by atoms with Crippen molar-refractivity contribution in [2.75, 3.05) is 6.54 Å². The predicted octanol–water partition coefficient (Wildman–Crippen LogP) is 1.94. The molecule has 1 aliphatic rings. The van der Waals surface area contributed by atoms with Crippen molar-refractivity contribution in [3.8, 4) is 5.75 Å². The zero-order valence-electron chi connectivity index (χ0n) is 13.5. The van der Waals surface area contributed by atoms with Crippen LogP contribution in [0.2, 0.25) is 0 Å². The zero-order valence-corrected chi connectivity index (χ0v) is 13.5. The number of cyclic esters (lactones) is 1. The van der Waals surface area contributed by atoms with Crippen LogP contribution in [0.4, 0.5) is 9.59 Å². The number of aromatic hydroxyl groups is 1. The van der Waals surface area contributed by atoms with Crippen molar-refractivity contribution in [1.82, 2.24) is 10.6 Å². The summed E-state index contributed by atoms with van der Waals surface area (Å²) in [6.45, 7) is 5.62. The lowest BCUT2D eigenvalue weighted by Crippen LogP contribution is -2.48. The van der Waals surface area contributed by atoms with Crippen molar-refractivity contribution in [3.05, 3.63) is 29.8 Å². The van der Waals surface area contributed by atoms with Gasteiger partial charge in [-0.3, -0.25) is 0 Å². The monoisotopic (exact) mass is 322 g/mol. The van der Waals surface area contributed by atoms with E-state index in [9.17, 15) is 14.7 Å². The number of rotatable bonds is 4. The minimum atomic E-state index is -0.621. The number of benzene rings is 1. The minimum Gasteiger partial charge on any atom is -0.508 e. The number of phenolic OH excluding ortho intramolecular Hbond substituents is 1. The van der Waals surface area contributed by atoms with E-state index in [0.29, 0.717) is 13.0 Å². The van der Waals surface area contributed by atoms with E-state index in [1.807, 2.05) is 6.07 Å². The second-order valence-electron chi connectivity index (χ2n) is 6.45. The van der Waals surface area contributed by atoms with Crippen LogP contribution in [0.15, 0.2) is 24.3 Å². The van der Waals surface area contributed by atoms with Crippen molar-refractivity contribution in [2.45, 2.75) is 44.9 Å². The summed E-state index contributed by atoms with van der Waals surface area (Å²) in [6, 6.07) is 6.25. The first-order chi connectivity index (χ1) is 10.7. The van der Waals surface area contributed by atoms with Crippen LogP contribution < -0.4 is 10.6 Å². The average Bonchev–Trinajstić information content (AvgIpc) is 2.82. The van der Waals surface area contributed by atoms with Crippen molar-refractivity contribution in [2.24, 2.45) is 0 Å². The fourth-order valence-corrected chi connectivity index (χ4v) is 2.30. The molecule has 1 heterocycles. The molecule has 2 rings (SSSR count). The highest BCUT2D eigenvalue weighted by atomic mass is 16.6. The quantitative estimate of drug-likeness (QED) is 0.787. The molecule has 0 saturated carbocycles. The summed E-state index contributed by atoms with van der Waals surface area (Å²) < 4.78 is 10.4. The first-order valence-corrected chi connectivity index (χ1v) is 7.45. The van der Waals surface area contributed by atoms with Gasteiger partial charge in [-0.2, -0.15) is 0 Å². The normalized spacial score (nSPS) is 18.7. The second-order valence-corrected chi connectivity index (χ2v) is 6.45. The van der Waals surface area contributed by atoms with Gasteiger partial charge in [0.15, 0.2) is 0 Å². The Morgan fingerprint density at radius 2 is 2.26 bits per heavy atom. The molecule has 0 aromatic heterocycles. The van der Waals surface area contributed by atoms with Crippen LogP contribution in [0.3, 0.4) is 0 Å². The third-order valence-electron chi connectivity index (χ3n) is 3.22. The van der Waals surface area contributed by atoms with Crippen LogP contribution in [0, 0.1) is 0 Å². The molecule has 0 bridgehead atoms. The fraction of sp³-hybridized carbons (Fsp3) is 0.500. The van der Waals surface area contributed by atoms with E-state index in [0.717, 1.165) is 5.56 Å². The Bertz CT molecular complexity index is 582. The van der Waals surface area contributed by atoms with Crippen LogP contribution in [-0.4, -0.2) is 41.6 Å². The van der Waals surface area contributed by atoms with E-state index in [4.69, 9.17) is 9.47 Å². The topological polar surface area (TPSA) is 96.9 Å². The third kappa shape index (κ3) is 5.36. The van der Waals surface area contributed by atoms with E-state index in [1.165, 1.54) is 0 Å². The van der Waals surface area contributed by atoms with Gasteiger partial charge in [0.1, 0.15) is 17.5 Å². The molecular formula is C16H22N2O5. The van der Waals surface area contributed by atoms with E-state index < -0.39 is 29.9 Å². The number of hydrogen-bond acceptors (Lipinski definition) is 5. The predicted molar refractivity (Wildman–Crippen MR) is 83.2 cm³/mol. The van der Waals surface area contributed by atoms with Gasteiger partial charge in [0, 0.05) is 0 Å². The Kier molecular flexibility index (Phi) is 4.98. The fourth-order valence-electron chi connectivity index (χ4n) is 2.30. The molecule has 1 unspecified atom stereocenters. The highest BCUT2D eigenvalue weighted by Crippen LogP contribution is 2.17. The van der Waals surface area contributed by atoms with Crippen LogP contribution in [0.5, 0.6) is 5.75 Å². The molecule has 0 aliphatic carbocycles. The van der Waals surface area contributed by atoms with E-state index in [-0.39, 0.29) is 5.75 Å². The third-order valence-corrected chi connectivity index (χ3v) is 3.22. The second kappa shape index (κ2) is 6.76. The Balaban J connectivity index is 2.08. The Hall–Kier alpha value is -2.44. The lowest BCUT2D eigenvalue weighted by atomic mass is 10.0. The van der Waals surface area contributed by atoms with Gasteiger partial charge in [-0.15, -0.1) is 0 Å². The van der Waals surface area contributed by atoms with Crippen molar-refractivity contribution in [1.29, 1.82) is 0 Å². The molecule has 2 atom stereocenters. The molecule has 2 amide bonds. The van der Waals surface area contributed by atoms with Crippen LogP contribution >= 0.6 is 0 Å². The summed E-state index contributed by atoms with van der Waals surface area (Å²) in [4.78, 5) is 23.3. The van der Waals surface area contributed by atoms with E-state index in [1.54, 1.807) is 39.0 Å². The Morgan fingerprint density at radius 1 is 1.52 bits per heavy atom. The molecule has 126 valence electrons. The highest BCUT2D eigenvalue weighted by Gasteiger charge is 2.33. The summed E-state index contributed by atoms with van der Waals surface area (Å²) in [7, 11) is 0. The minimum absolute atomic E-state index is 0.139. The zero-order chi connectivity index (χ0) is 17.0. The number of ether oxygens (including phenoxy) is 2. The average molecular weight is 322 g/mol. The molecular weight excluding hydrogens is 300 g/mol. The van der Waals surface area contributed by atoms with Crippen LogP contribution in [-0.2, 0) is 15.9 Å². The number of carbonyl (C=O) groups excluding carboxylic acids is 2. The molecule has 1 aromatic rings. The summed E-state index contributed by atoms with van der Waals surface area (Å²) in [5, 5.41) is 14.9. The van der Waals surface area contributed by atoms with E-state index >= 15 is 0 Å². The first kappa shape index (κ1) is 16.9. The summed E-state index contributed by atoms with van der Waals surface area (Å²) in [5.74, 6) is 0.139. The number of carbonyl (C=O) groups is 2. The molecule has 7 nitrogen and oxygen atoms in total. The molecule has 1 aromatic carbocycles. The maximum Gasteiger partial charge on any atom is 0.408 e. The number of hydrogen-bond donors (Lipinski definition) is 3. The summed E-state index contributed by atoms with van der Waals surface area (Å²) in [6.07, 6.45) is -1.20. The van der Waals surface area contributed by atoms with Crippen molar-refractivity contribution >= 4 is 12.2 Å². The SMILES string of the molecule is CC(C)(C)OC(=O)N[C@@H](Cc1cccc(O)c1)C1CNC(=O)O1. The Morgan fingerprint density at radius 3 is 2.83 bits per heavy atom. The molecule has 1 fully saturated rings. The maximum absolute atomic E-state index is 12.0. The smallest absolute Gasteiger partial charge is 0.408 e. The van der Waals surface area contributed by atoms with Gasteiger partial charge in [-0.25, -0.2) is 9.59 Å². The van der Waals surface area contributed by atoms with Gasteiger partial charge >= 0.3 is 12.2 Å². The number of phenols is 1. The van der Waals surface area contributed by atoms with Gasteiger partial charge in [0.2, 0.25) is 0 Å². The first-order valence-electron chi connectivity index (χ1n) is 7.45. The lowest BCUT2D eigenvalue weighted by molar-refractivity contribution is 0.0436. The molecule has 0 radical (unpaired) electrons. The molecule has 3 N–H and O–H groups in total. The lowest BCUT2D eigenvalue weighted by Gasteiger charge is -2.26. The molecule has 1 aliphatic heterocycles. The summed E-state index contributed by atoms with van der Waals surface area (Å²) in [5.41, 5.74) is 0.193. The standard InChI is InChI=1S/C16H22N2O5/c1-16(2,3)23-15(21)18-12(13-9-17-14(20)22-13)8-10-5-4-6-11(19)7-10/h4-7,12-13,19H,8-9H2,1-3H3,(H,17,20)(H,18,21)/t12-,13?/m0/s1. The van der Waals surface area contributed by atoms with Gasteiger partial charge in [0.05, 0.1) is 12.6 Å². The number of amides is 2. The largest absolute Gasteiger partial charge is 0.508 e. The molecule has 23 heavy (non-hydrogen) atoms.